The molecule has 1 unspecified atom stereocenters. The Morgan fingerprint density at radius 1 is 0.920 bits per heavy atom. The number of aromatic nitrogens is 1. The summed E-state index contributed by atoms with van der Waals surface area (Å²) < 4.78 is 0. The Labute approximate surface area is 152 Å². The van der Waals surface area contributed by atoms with E-state index in [0.717, 1.165) is 16.2 Å². The van der Waals surface area contributed by atoms with Crippen molar-refractivity contribution >= 4 is 28.2 Å². The van der Waals surface area contributed by atoms with Gasteiger partial charge in [-0.1, -0.05) is 54.1 Å². The normalized spacial score (nSPS) is 12.2. The van der Waals surface area contributed by atoms with Crippen molar-refractivity contribution in [2.24, 2.45) is 0 Å². The lowest BCUT2D eigenvalue weighted by Crippen LogP contribution is -2.12. The fourth-order valence-electron chi connectivity index (χ4n) is 3.23. The van der Waals surface area contributed by atoms with Gasteiger partial charge < -0.3 is 10.3 Å². The number of anilines is 1. The van der Waals surface area contributed by atoms with Crippen LogP contribution in [0.3, 0.4) is 0 Å². The van der Waals surface area contributed by atoms with Gasteiger partial charge in [0.25, 0.3) is 0 Å². The molecular formula is C22H19ClN2. The van der Waals surface area contributed by atoms with E-state index in [9.17, 15) is 0 Å². The summed E-state index contributed by atoms with van der Waals surface area (Å²) in [5, 5.41) is 5.66. The third-order valence-electron chi connectivity index (χ3n) is 4.46. The molecule has 25 heavy (non-hydrogen) atoms. The SMILES string of the molecule is Cc1cccc(NC(c2ccc(Cl)cc2)c2c[nH]c3ccccc23)c1. The predicted molar refractivity (Wildman–Crippen MR) is 106 cm³/mol. The van der Waals surface area contributed by atoms with Crippen molar-refractivity contribution < 1.29 is 0 Å². The average Bonchev–Trinajstić information content (AvgIpc) is 3.05. The van der Waals surface area contributed by atoms with Gasteiger partial charge in [0.1, 0.15) is 0 Å². The molecule has 1 aromatic heterocycles. The lowest BCUT2D eigenvalue weighted by Gasteiger charge is -2.21. The summed E-state index contributed by atoms with van der Waals surface area (Å²) in [7, 11) is 0. The van der Waals surface area contributed by atoms with E-state index in [2.05, 4.69) is 78.0 Å². The van der Waals surface area contributed by atoms with E-state index in [1.165, 1.54) is 22.1 Å². The van der Waals surface area contributed by atoms with Crippen molar-refractivity contribution in [2.75, 3.05) is 5.32 Å². The van der Waals surface area contributed by atoms with Crippen LogP contribution in [0.25, 0.3) is 10.9 Å². The van der Waals surface area contributed by atoms with Crippen LogP contribution in [-0.4, -0.2) is 4.98 Å². The molecule has 0 saturated carbocycles. The van der Waals surface area contributed by atoms with Gasteiger partial charge in [0.05, 0.1) is 6.04 Å². The number of rotatable bonds is 4. The van der Waals surface area contributed by atoms with Gasteiger partial charge >= 0.3 is 0 Å². The predicted octanol–water partition coefficient (Wildman–Crippen LogP) is 6.33. The molecule has 0 spiro atoms. The summed E-state index contributed by atoms with van der Waals surface area (Å²) in [4.78, 5) is 3.38. The maximum absolute atomic E-state index is 6.09. The van der Waals surface area contributed by atoms with Crippen LogP contribution < -0.4 is 5.32 Å². The minimum atomic E-state index is 0.0372. The highest BCUT2D eigenvalue weighted by Crippen LogP contribution is 2.32. The molecule has 0 amide bonds. The van der Waals surface area contributed by atoms with Crippen LogP contribution in [0.1, 0.15) is 22.7 Å². The van der Waals surface area contributed by atoms with Gasteiger partial charge in [0.15, 0.2) is 0 Å². The fraction of sp³-hybridized carbons (Fsp3) is 0.0909. The van der Waals surface area contributed by atoms with Gasteiger partial charge in [-0.05, 0) is 48.4 Å². The van der Waals surface area contributed by atoms with Crippen LogP contribution in [0.4, 0.5) is 5.69 Å². The number of halogens is 1. The Bertz CT molecular complexity index is 1000. The number of para-hydroxylation sites is 1. The second-order valence-corrected chi connectivity index (χ2v) is 6.72. The Balaban J connectivity index is 1.82. The lowest BCUT2D eigenvalue weighted by molar-refractivity contribution is 0.948. The molecule has 2 nitrogen and oxygen atoms in total. The molecule has 4 aromatic rings. The fourth-order valence-corrected chi connectivity index (χ4v) is 3.36. The van der Waals surface area contributed by atoms with Gasteiger partial charge in [-0.3, -0.25) is 0 Å². The Hall–Kier alpha value is -2.71. The van der Waals surface area contributed by atoms with Crippen LogP contribution in [0, 0.1) is 6.92 Å². The standard InChI is InChI=1S/C22H19ClN2/c1-15-5-4-6-18(13-15)25-22(16-9-11-17(23)12-10-16)20-14-24-21-8-3-2-7-19(20)21/h2-14,22,24-25H,1H3. The Kier molecular flexibility index (Phi) is 4.21. The van der Waals surface area contributed by atoms with E-state index in [-0.39, 0.29) is 6.04 Å². The molecule has 3 aromatic carbocycles. The van der Waals surface area contributed by atoms with Crippen molar-refractivity contribution in [1.82, 2.24) is 4.98 Å². The largest absolute Gasteiger partial charge is 0.374 e. The molecule has 0 aliphatic carbocycles. The number of aromatic amines is 1. The molecule has 0 aliphatic rings. The van der Waals surface area contributed by atoms with Crippen LogP contribution in [0.2, 0.25) is 5.02 Å². The Morgan fingerprint density at radius 2 is 1.72 bits per heavy atom. The first-order valence-electron chi connectivity index (χ1n) is 8.35. The van der Waals surface area contributed by atoms with E-state index >= 15 is 0 Å². The van der Waals surface area contributed by atoms with Crippen molar-refractivity contribution in [1.29, 1.82) is 0 Å². The average molecular weight is 347 g/mol. The maximum atomic E-state index is 6.09. The summed E-state index contributed by atoms with van der Waals surface area (Å²) in [6.07, 6.45) is 2.09. The summed E-state index contributed by atoms with van der Waals surface area (Å²) in [5.41, 5.74) is 5.88. The third kappa shape index (κ3) is 3.26. The summed E-state index contributed by atoms with van der Waals surface area (Å²) >= 11 is 6.09. The molecule has 0 aliphatic heterocycles. The molecular weight excluding hydrogens is 328 g/mol. The summed E-state index contributed by atoms with van der Waals surface area (Å²) in [6.45, 7) is 2.11. The zero-order valence-electron chi connectivity index (χ0n) is 14.0. The van der Waals surface area contributed by atoms with Crippen LogP contribution in [0.5, 0.6) is 0 Å². The van der Waals surface area contributed by atoms with Gasteiger partial charge in [-0.25, -0.2) is 0 Å². The molecule has 124 valence electrons. The highest BCUT2D eigenvalue weighted by molar-refractivity contribution is 6.30. The molecule has 4 rings (SSSR count). The van der Waals surface area contributed by atoms with E-state index in [1.54, 1.807) is 0 Å². The van der Waals surface area contributed by atoms with E-state index in [1.807, 2.05) is 18.2 Å². The molecule has 2 N–H and O–H groups in total. The minimum absolute atomic E-state index is 0.0372. The number of H-pyrrole nitrogens is 1. The quantitative estimate of drug-likeness (QED) is 0.444. The van der Waals surface area contributed by atoms with Crippen molar-refractivity contribution in [2.45, 2.75) is 13.0 Å². The number of fused-ring (bicyclic) bond motifs is 1. The van der Waals surface area contributed by atoms with Crippen molar-refractivity contribution in [3.05, 3.63) is 101 Å². The molecule has 0 fully saturated rings. The zero-order chi connectivity index (χ0) is 17.2. The van der Waals surface area contributed by atoms with Gasteiger partial charge in [-0.15, -0.1) is 0 Å². The molecule has 3 heteroatoms. The molecule has 0 saturated heterocycles. The van der Waals surface area contributed by atoms with Gasteiger partial charge in [0, 0.05) is 33.4 Å². The maximum Gasteiger partial charge on any atom is 0.0788 e. The molecule has 0 bridgehead atoms. The first kappa shape index (κ1) is 15.8. The van der Waals surface area contributed by atoms with Crippen molar-refractivity contribution in [3.63, 3.8) is 0 Å². The first-order valence-corrected chi connectivity index (χ1v) is 8.73. The molecule has 1 heterocycles. The topological polar surface area (TPSA) is 27.8 Å². The zero-order valence-corrected chi connectivity index (χ0v) is 14.7. The van der Waals surface area contributed by atoms with Gasteiger partial charge in [0.2, 0.25) is 0 Å². The van der Waals surface area contributed by atoms with Crippen LogP contribution >= 0.6 is 11.6 Å². The van der Waals surface area contributed by atoms with E-state index < -0.39 is 0 Å². The number of nitrogens with one attached hydrogen (secondary N) is 2. The summed E-state index contributed by atoms with van der Waals surface area (Å²) in [6, 6.07) is 24.9. The number of benzene rings is 3. The molecule has 1 atom stereocenters. The minimum Gasteiger partial charge on any atom is -0.374 e. The first-order chi connectivity index (χ1) is 12.2. The highest BCUT2D eigenvalue weighted by Gasteiger charge is 2.18. The number of aryl methyl sites for hydroxylation is 1. The summed E-state index contributed by atoms with van der Waals surface area (Å²) in [5.74, 6) is 0. The van der Waals surface area contributed by atoms with E-state index in [0.29, 0.717) is 0 Å². The number of hydrogen-bond donors (Lipinski definition) is 2. The van der Waals surface area contributed by atoms with Crippen LogP contribution in [-0.2, 0) is 0 Å². The Morgan fingerprint density at radius 3 is 2.52 bits per heavy atom. The highest BCUT2D eigenvalue weighted by atomic mass is 35.5. The second kappa shape index (κ2) is 6.66. The lowest BCUT2D eigenvalue weighted by atomic mass is 9.97. The number of hydrogen-bond acceptors (Lipinski definition) is 1. The smallest absolute Gasteiger partial charge is 0.0788 e. The van der Waals surface area contributed by atoms with Crippen LogP contribution in [0.15, 0.2) is 79.0 Å². The third-order valence-corrected chi connectivity index (χ3v) is 4.72. The van der Waals surface area contributed by atoms with Gasteiger partial charge in [-0.2, -0.15) is 0 Å². The monoisotopic (exact) mass is 346 g/mol. The second-order valence-electron chi connectivity index (χ2n) is 6.29. The van der Waals surface area contributed by atoms with Crippen molar-refractivity contribution in [3.8, 4) is 0 Å². The molecule has 0 radical (unpaired) electrons. The van der Waals surface area contributed by atoms with E-state index in [4.69, 9.17) is 11.6 Å².